The van der Waals surface area contributed by atoms with Crippen LogP contribution in [0.4, 0.5) is 0 Å². The van der Waals surface area contributed by atoms with E-state index in [0.717, 1.165) is 24.2 Å². The van der Waals surface area contributed by atoms with Crippen molar-refractivity contribution in [3.05, 3.63) is 51.7 Å². The van der Waals surface area contributed by atoms with Crippen molar-refractivity contribution in [2.24, 2.45) is 5.14 Å². The summed E-state index contributed by atoms with van der Waals surface area (Å²) in [6.45, 7) is 3.32. The van der Waals surface area contributed by atoms with Crippen LogP contribution in [0, 0.1) is 6.92 Å². The molecule has 2 N–H and O–H groups in total. The average Bonchev–Trinajstić information content (AvgIpc) is 3.04. The van der Waals surface area contributed by atoms with E-state index in [9.17, 15) is 13.2 Å². The quantitative estimate of drug-likeness (QED) is 0.909. The van der Waals surface area contributed by atoms with E-state index < -0.39 is 10.0 Å². The molecule has 0 aliphatic carbocycles. The van der Waals surface area contributed by atoms with Gasteiger partial charge >= 0.3 is 0 Å². The second kappa shape index (κ2) is 6.66. The van der Waals surface area contributed by atoms with Gasteiger partial charge in [-0.25, -0.2) is 13.6 Å². The number of hydrogen-bond donors (Lipinski definition) is 1. The number of likely N-dealkylation sites (tertiary alicyclic amines) is 1. The summed E-state index contributed by atoms with van der Waals surface area (Å²) in [5.41, 5.74) is 2.48. The van der Waals surface area contributed by atoms with Crippen molar-refractivity contribution in [3.63, 3.8) is 0 Å². The zero-order valence-electron chi connectivity index (χ0n) is 13.4. The summed E-state index contributed by atoms with van der Waals surface area (Å²) in [6.07, 6.45) is 1.93. The highest BCUT2D eigenvalue weighted by Gasteiger charge is 2.30. The Labute approximate surface area is 146 Å². The van der Waals surface area contributed by atoms with E-state index in [-0.39, 0.29) is 21.6 Å². The van der Waals surface area contributed by atoms with E-state index in [1.807, 2.05) is 12.1 Å². The van der Waals surface area contributed by atoms with Gasteiger partial charge in [-0.15, -0.1) is 11.3 Å². The highest BCUT2D eigenvalue weighted by Crippen LogP contribution is 2.31. The number of carbonyl (C=O) groups is 1. The molecular weight excluding hydrogens is 344 g/mol. The van der Waals surface area contributed by atoms with Crippen LogP contribution in [-0.2, 0) is 10.0 Å². The topological polar surface area (TPSA) is 80.5 Å². The molecule has 2 heterocycles. The summed E-state index contributed by atoms with van der Waals surface area (Å²) in [7, 11) is -3.88. The van der Waals surface area contributed by atoms with Crippen molar-refractivity contribution in [2.45, 2.75) is 30.6 Å². The first-order chi connectivity index (χ1) is 11.4. The lowest BCUT2D eigenvalue weighted by Gasteiger charge is -2.33. The van der Waals surface area contributed by atoms with Crippen LogP contribution in [0.5, 0.6) is 0 Å². The minimum absolute atomic E-state index is 0.0736. The maximum absolute atomic E-state index is 12.8. The Morgan fingerprint density at radius 1 is 1.29 bits per heavy atom. The molecule has 5 nitrogen and oxygen atoms in total. The third-order valence-electron chi connectivity index (χ3n) is 4.47. The van der Waals surface area contributed by atoms with Gasteiger partial charge in [0.25, 0.3) is 5.91 Å². The zero-order valence-corrected chi connectivity index (χ0v) is 15.1. The van der Waals surface area contributed by atoms with Crippen molar-refractivity contribution in [3.8, 4) is 0 Å². The molecule has 2 aromatic rings. The van der Waals surface area contributed by atoms with Gasteiger partial charge in [0.2, 0.25) is 10.0 Å². The fourth-order valence-corrected chi connectivity index (χ4v) is 5.22. The molecule has 128 valence electrons. The normalized spacial score (nSPS) is 18.6. The number of hydrogen-bond acceptors (Lipinski definition) is 4. The van der Waals surface area contributed by atoms with E-state index in [1.54, 1.807) is 10.3 Å². The number of sulfonamides is 1. The molecule has 1 aliphatic rings. The summed E-state index contributed by atoms with van der Waals surface area (Å²) in [5, 5.41) is 6.81. The maximum atomic E-state index is 12.8. The first-order valence-corrected chi connectivity index (χ1v) is 10.3. The highest BCUT2D eigenvalue weighted by molar-refractivity contribution is 7.89. The van der Waals surface area contributed by atoms with Gasteiger partial charge in [0.05, 0.1) is 0 Å². The van der Waals surface area contributed by atoms with Gasteiger partial charge in [-0.1, -0.05) is 24.3 Å². The predicted molar refractivity (Wildman–Crippen MR) is 94.7 cm³/mol. The van der Waals surface area contributed by atoms with Crippen LogP contribution in [-0.4, -0.2) is 32.3 Å². The number of aryl methyl sites for hydroxylation is 1. The Bertz CT molecular complexity index is 858. The molecule has 0 saturated carbocycles. The molecule has 0 bridgehead atoms. The number of thiophene rings is 1. The molecule has 1 aromatic heterocycles. The molecule has 0 radical (unpaired) electrons. The van der Waals surface area contributed by atoms with E-state index in [2.05, 4.69) is 19.1 Å². The Morgan fingerprint density at radius 3 is 2.75 bits per heavy atom. The van der Waals surface area contributed by atoms with Crippen LogP contribution in [0.15, 0.2) is 40.6 Å². The van der Waals surface area contributed by atoms with Crippen molar-refractivity contribution >= 4 is 27.3 Å². The largest absolute Gasteiger partial charge is 0.337 e. The number of rotatable bonds is 3. The van der Waals surface area contributed by atoms with Crippen LogP contribution >= 0.6 is 11.3 Å². The molecule has 1 saturated heterocycles. The van der Waals surface area contributed by atoms with Gasteiger partial charge in [-0.3, -0.25) is 4.79 Å². The van der Waals surface area contributed by atoms with Crippen LogP contribution in [0.1, 0.15) is 39.6 Å². The molecule has 24 heavy (non-hydrogen) atoms. The van der Waals surface area contributed by atoms with Crippen LogP contribution in [0.25, 0.3) is 0 Å². The lowest BCUT2D eigenvalue weighted by Crippen LogP contribution is -2.39. The Morgan fingerprint density at radius 2 is 2.04 bits per heavy atom. The number of nitrogens with two attached hydrogens (primary N) is 1. The summed E-state index contributed by atoms with van der Waals surface area (Å²) in [4.78, 5) is 14.7. The minimum Gasteiger partial charge on any atom is -0.337 e. The smallest absolute Gasteiger partial charge is 0.265 e. The SMILES string of the molecule is Cc1ccccc1C1CCCN(C(=O)c2sccc2S(N)(=O)=O)C1. The molecule has 0 spiro atoms. The molecule has 1 amide bonds. The van der Waals surface area contributed by atoms with Crippen molar-refractivity contribution in [1.29, 1.82) is 0 Å². The first-order valence-electron chi connectivity index (χ1n) is 7.83. The number of carbonyl (C=O) groups excluding carboxylic acids is 1. The standard InChI is InChI=1S/C17H20N2O3S2/c1-12-5-2-3-7-14(12)13-6-4-9-19(11-13)17(20)16-15(8-10-23-16)24(18,21)22/h2-3,5,7-8,10,13H,4,6,9,11H2,1H3,(H2,18,21,22). The average molecular weight is 364 g/mol. The van der Waals surface area contributed by atoms with E-state index in [4.69, 9.17) is 5.14 Å². The summed E-state index contributed by atoms with van der Waals surface area (Å²) < 4.78 is 23.3. The van der Waals surface area contributed by atoms with Gasteiger partial charge < -0.3 is 4.90 Å². The fourth-order valence-electron chi connectivity index (χ4n) is 3.28. The third kappa shape index (κ3) is 3.38. The number of amides is 1. The van der Waals surface area contributed by atoms with Crippen LogP contribution in [0.3, 0.4) is 0 Å². The zero-order chi connectivity index (χ0) is 17.3. The molecule has 7 heteroatoms. The molecule has 1 aliphatic heterocycles. The molecule has 1 unspecified atom stereocenters. The number of primary sulfonamides is 1. The van der Waals surface area contributed by atoms with Crippen molar-refractivity contribution in [2.75, 3.05) is 13.1 Å². The van der Waals surface area contributed by atoms with Crippen LogP contribution in [0.2, 0.25) is 0 Å². The Kier molecular flexibility index (Phi) is 4.76. The lowest BCUT2D eigenvalue weighted by atomic mass is 9.88. The first kappa shape index (κ1) is 17.1. The predicted octanol–water partition coefficient (Wildman–Crippen LogP) is 2.72. The van der Waals surface area contributed by atoms with Gasteiger partial charge in [-0.05, 0) is 42.3 Å². The molecular formula is C17H20N2O3S2. The fraction of sp³-hybridized carbons (Fsp3) is 0.353. The van der Waals surface area contributed by atoms with Gasteiger partial charge in [-0.2, -0.15) is 0 Å². The molecule has 1 aromatic carbocycles. The second-order valence-electron chi connectivity index (χ2n) is 6.11. The number of benzene rings is 1. The summed E-state index contributed by atoms with van der Waals surface area (Å²) in [6, 6.07) is 9.61. The van der Waals surface area contributed by atoms with Gasteiger partial charge in [0.15, 0.2) is 0 Å². The number of piperidine rings is 1. The summed E-state index contributed by atoms with van der Waals surface area (Å²) in [5.74, 6) is 0.0362. The van der Waals surface area contributed by atoms with E-state index in [0.29, 0.717) is 13.1 Å². The minimum atomic E-state index is -3.88. The maximum Gasteiger partial charge on any atom is 0.265 e. The molecule has 1 fully saturated rings. The molecule has 3 rings (SSSR count). The highest BCUT2D eigenvalue weighted by atomic mass is 32.2. The second-order valence-corrected chi connectivity index (χ2v) is 8.55. The van der Waals surface area contributed by atoms with Gasteiger partial charge in [0.1, 0.15) is 9.77 Å². The van der Waals surface area contributed by atoms with Crippen molar-refractivity contribution < 1.29 is 13.2 Å². The van der Waals surface area contributed by atoms with Crippen LogP contribution < -0.4 is 5.14 Å². The van der Waals surface area contributed by atoms with E-state index >= 15 is 0 Å². The number of nitrogens with zero attached hydrogens (tertiary/aromatic N) is 1. The lowest BCUT2D eigenvalue weighted by molar-refractivity contribution is 0.0708. The van der Waals surface area contributed by atoms with Gasteiger partial charge in [0, 0.05) is 19.0 Å². The van der Waals surface area contributed by atoms with E-state index in [1.165, 1.54) is 17.2 Å². The summed E-state index contributed by atoms with van der Waals surface area (Å²) >= 11 is 1.13. The Hall–Kier alpha value is -1.70. The van der Waals surface area contributed by atoms with Crippen molar-refractivity contribution in [1.82, 2.24) is 4.90 Å². The monoisotopic (exact) mass is 364 g/mol. The molecule has 1 atom stereocenters. The third-order valence-corrected chi connectivity index (χ3v) is 6.45. The Balaban J connectivity index is 1.84.